The molecule has 2 atom stereocenters. The van der Waals surface area contributed by atoms with Crippen LogP contribution in [0.25, 0.3) is 0 Å². The van der Waals surface area contributed by atoms with Crippen LogP contribution in [-0.2, 0) is 10.0 Å². The third-order valence-corrected chi connectivity index (χ3v) is 6.66. The van der Waals surface area contributed by atoms with E-state index in [0.717, 1.165) is 17.5 Å². The Balaban J connectivity index is 2.08. The molecule has 0 radical (unpaired) electrons. The summed E-state index contributed by atoms with van der Waals surface area (Å²) >= 11 is 0. The fraction of sp³-hybridized carbons (Fsp3) is 0.435. The Morgan fingerprint density at radius 3 is 2.28 bits per heavy atom. The smallest absolute Gasteiger partial charge is 0.283 e. The molecule has 1 saturated heterocycles. The SMILES string of the molecule is Cc1ccc(S(=O)(=O)/N=C2\[C@@H]([C@H](O)c3ccccc3)CCCN2C(C)(C)C)cc1. The lowest BCUT2D eigenvalue weighted by Crippen LogP contribution is -2.52. The second-order valence-electron chi connectivity index (χ2n) is 8.66. The van der Waals surface area contributed by atoms with Crippen molar-refractivity contribution in [3.8, 4) is 0 Å². The van der Waals surface area contributed by atoms with Crippen LogP contribution in [0.5, 0.6) is 0 Å². The summed E-state index contributed by atoms with van der Waals surface area (Å²) in [5.74, 6) is 0.0614. The van der Waals surface area contributed by atoms with Crippen molar-refractivity contribution in [1.82, 2.24) is 4.90 Å². The highest BCUT2D eigenvalue weighted by Gasteiger charge is 2.38. The Bertz CT molecular complexity index is 961. The zero-order valence-electron chi connectivity index (χ0n) is 17.5. The van der Waals surface area contributed by atoms with E-state index in [2.05, 4.69) is 4.40 Å². The van der Waals surface area contributed by atoms with E-state index in [4.69, 9.17) is 0 Å². The van der Waals surface area contributed by atoms with E-state index in [-0.39, 0.29) is 16.4 Å². The molecule has 1 fully saturated rings. The van der Waals surface area contributed by atoms with E-state index < -0.39 is 16.1 Å². The highest BCUT2D eigenvalue weighted by Crippen LogP contribution is 2.35. The van der Waals surface area contributed by atoms with E-state index in [9.17, 15) is 13.5 Å². The highest BCUT2D eigenvalue weighted by atomic mass is 32.2. The maximum absolute atomic E-state index is 13.1. The van der Waals surface area contributed by atoms with Crippen molar-refractivity contribution >= 4 is 15.9 Å². The van der Waals surface area contributed by atoms with Gasteiger partial charge in [-0.15, -0.1) is 4.40 Å². The largest absolute Gasteiger partial charge is 0.388 e. The Kier molecular flexibility index (Phi) is 6.15. The number of aliphatic hydroxyl groups excluding tert-OH is 1. The third kappa shape index (κ3) is 4.87. The lowest BCUT2D eigenvalue weighted by Gasteiger charge is -2.45. The molecule has 1 aliphatic rings. The lowest BCUT2D eigenvalue weighted by molar-refractivity contribution is 0.101. The third-order valence-electron chi connectivity index (χ3n) is 5.37. The van der Waals surface area contributed by atoms with E-state index in [1.54, 1.807) is 24.3 Å². The first kappa shape index (κ1) is 21.5. The van der Waals surface area contributed by atoms with Gasteiger partial charge < -0.3 is 10.0 Å². The molecule has 3 rings (SSSR count). The molecule has 0 aliphatic carbocycles. The number of nitrogens with zero attached hydrogens (tertiary/aromatic N) is 2. The maximum Gasteiger partial charge on any atom is 0.283 e. The van der Waals surface area contributed by atoms with Gasteiger partial charge in [-0.25, -0.2) is 0 Å². The normalized spacial score (nSPS) is 20.7. The van der Waals surface area contributed by atoms with Crippen LogP contribution in [0.15, 0.2) is 63.9 Å². The van der Waals surface area contributed by atoms with Gasteiger partial charge in [-0.1, -0.05) is 48.0 Å². The van der Waals surface area contributed by atoms with Gasteiger partial charge in [0.25, 0.3) is 10.0 Å². The van der Waals surface area contributed by atoms with Gasteiger partial charge >= 0.3 is 0 Å². The Morgan fingerprint density at radius 2 is 1.69 bits per heavy atom. The fourth-order valence-corrected chi connectivity index (χ4v) is 4.84. The first-order valence-electron chi connectivity index (χ1n) is 10.0. The minimum Gasteiger partial charge on any atom is -0.388 e. The highest BCUT2D eigenvalue weighted by molar-refractivity contribution is 7.90. The van der Waals surface area contributed by atoms with Gasteiger partial charge in [-0.3, -0.25) is 0 Å². The van der Waals surface area contributed by atoms with Crippen molar-refractivity contribution in [2.75, 3.05) is 6.54 Å². The number of benzene rings is 2. The van der Waals surface area contributed by atoms with Crippen LogP contribution in [0, 0.1) is 12.8 Å². The number of rotatable bonds is 4. The summed E-state index contributed by atoms with van der Waals surface area (Å²) in [5, 5.41) is 11.1. The fourth-order valence-electron chi connectivity index (χ4n) is 3.78. The summed E-state index contributed by atoms with van der Waals surface area (Å²) in [6, 6.07) is 16.1. The van der Waals surface area contributed by atoms with Crippen LogP contribution in [0.2, 0.25) is 0 Å². The van der Waals surface area contributed by atoms with Crippen LogP contribution in [0.1, 0.15) is 50.8 Å². The minimum absolute atomic E-state index is 0.169. The average molecular weight is 415 g/mol. The molecule has 1 heterocycles. The number of amidine groups is 1. The molecule has 0 saturated carbocycles. The average Bonchev–Trinajstić information content (AvgIpc) is 2.67. The molecule has 2 aromatic rings. The zero-order valence-corrected chi connectivity index (χ0v) is 18.4. The van der Waals surface area contributed by atoms with Gasteiger partial charge in [0, 0.05) is 18.0 Å². The molecule has 2 aromatic carbocycles. The molecule has 156 valence electrons. The van der Waals surface area contributed by atoms with Gasteiger partial charge in [0.15, 0.2) is 0 Å². The van der Waals surface area contributed by atoms with E-state index >= 15 is 0 Å². The lowest BCUT2D eigenvalue weighted by atomic mass is 9.85. The molecule has 6 heteroatoms. The summed E-state index contributed by atoms with van der Waals surface area (Å²) in [6.07, 6.45) is 0.744. The Hall–Kier alpha value is -2.18. The number of piperidine rings is 1. The van der Waals surface area contributed by atoms with Gasteiger partial charge in [0.05, 0.1) is 11.0 Å². The van der Waals surface area contributed by atoms with Crippen molar-refractivity contribution in [2.24, 2.45) is 10.3 Å². The second kappa shape index (κ2) is 8.28. The quantitative estimate of drug-likeness (QED) is 0.809. The molecule has 1 N–H and O–H groups in total. The standard InChI is InChI=1S/C23H30N2O3S/c1-17-12-14-19(15-13-17)29(27,28)24-22-20(11-8-16-25(22)23(2,3)4)21(26)18-9-6-5-7-10-18/h5-7,9-10,12-15,20-21,26H,8,11,16H2,1-4H3/b24-22+/t20-,21-/m1/s1. The predicted molar refractivity (Wildman–Crippen MR) is 116 cm³/mol. The summed E-state index contributed by atoms with van der Waals surface area (Å²) < 4.78 is 30.5. The number of hydrogen-bond donors (Lipinski definition) is 1. The van der Waals surface area contributed by atoms with Crippen molar-refractivity contribution in [3.05, 3.63) is 65.7 Å². The summed E-state index contributed by atoms with van der Waals surface area (Å²) in [6.45, 7) is 8.75. The summed E-state index contributed by atoms with van der Waals surface area (Å²) in [4.78, 5) is 2.20. The van der Waals surface area contributed by atoms with Crippen LogP contribution in [0.4, 0.5) is 0 Å². The first-order valence-corrected chi connectivity index (χ1v) is 11.5. The van der Waals surface area contributed by atoms with Crippen LogP contribution < -0.4 is 0 Å². The van der Waals surface area contributed by atoms with Crippen molar-refractivity contribution < 1.29 is 13.5 Å². The molecule has 0 bridgehead atoms. The Labute approximate surface area is 174 Å². The summed E-state index contributed by atoms with van der Waals surface area (Å²) in [7, 11) is -3.88. The van der Waals surface area contributed by atoms with Crippen molar-refractivity contribution in [2.45, 2.75) is 57.1 Å². The molecule has 0 aromatic heterocycles. The Morgan fingerprint density at radius 1 is 1.07 bits per heavy atom. The molecular weight excluding hydrogens is 384 g/mol. The predicted octanol–water partition coefficient (Wildman–Crippen LogP) is 4.33. The van der Waals surface area contributed by atoms with Crippen molar-refractivity contribution in [3.63, 3.8) is 0 Å². The van der Waals surface area contributed by atoms with Crippen LogP contribution >= 0.6 is 0 Å². The number of aryl methyl sites for hydroxylation is 1. The molecule has 0 spiro atoms. The maximum atomic E-state index is 13.1. The molecule has 29 heavy (non-hydrogen) atoms. The van der Waals surface area contributed by atoms with Crippen LogP contribution in [-0.4, -0.2) is 36.3 Å². The van der Waals surface area contributed by atoms with Gasteiger partial charge in [0.1, 0.15) is 5.84 Å². The zero-order chi connectivity index (χ0) is 21.2. The molecule has 5 nitrogen and oxygen atoms in total. The van der Waals surface area contributed by atoms with E-state index in [1.165, 1.54) is 0 Å². The van der Waals surface area contributed by atoms with Crippen LogP contribution in [0.3, 0.4) is 0 Å². The minimum atomic E-state index is -3.88. The molecular formula is C23H30N2O3S. The second-order valence-corrected chi connectivity index (χ2v) is 10.3. The summed E-state index contributed by atoms with van der Waals surface area (Å²) in [5.41, 5.74) is 1.45. The number of hydrogen-bond acceptors (Lipinski definition) is 3. The number of aliphatic hydroxyl groups is 1. The van der Waals surface area contributed by atoms with Crippen molar-refractivity contribution in [1.29, 1.82) is 0 Å². The topological polar surface area (TPSA) is 70.0 Å². The van der Waals surface area contributed by atoms with Gasteiger partial charge in [-0.05, 0) is 58.2 Å². The number of sulfonamides is 1. The first-order chi connectivity index (χ1) is 13.6. The monoisotopic (exact) mass is 414 g/mol. The molecule has 0 unspecified atom stereocenters. The van der Waals surface area contributed by atoms with Gasteiger partial charge in [-0.2, -0.15) is 8.42 Å². The molecule has 0 amide bonds. The number of likely N-dealkylation sites (tertiary alicyclic amines) is 1. The molecule has 1 aliphatic heterocycles. The van der Waals surface area contributed by atoms with E-state index in [0.29, 0.717) is 18.8 Å². The van der Waals surface area contributed by atoms with E-state index in [1.807, 2.05) is 62.9 Å². The van der Waals surface area contributed by atoms with Gasteiger partial charge in [0.2, 0.25) is 0 Å².